The number of carbonyl (C=O) groups excluding carboxylic acids is 1. The van der Waals surface area contributed by atoms with Crippen LogP contribution in [0.1, 0.15) is 27.5 Å². The smallest absolute Gasteiger partial charge is 0.251 e. The first-order valence-electron chi connectivity index (χ1n) is 11.0. The number of amides is 1. The topological polar surface area (TPSA) is 79.0 Å². The lowest BCUT2D eigenvalue weighted by Gasteiger charge is -2.25. The summed E-state index contributed by atoms with van der Waals surface area (Å²) in [5, 5.41) is 2.83. The van der Waals surface area contributed by atoms with E-state index in [0.717, 1.165) is 11.1 Å². The Morgan fingerprint density at radius 1 is 1.00 bits per heavy atom. The van der Waals surface area contributed by atoms with Crippen molar-refractivity contribution in [3.05, 3.63) is 95.3 Å². The number of likely N-dealkylation sites (N-methyl/N-ethyl adjacent to an activating group) is 1. The standard InChI is InChI=1S/C26H30FN3O4S/c1-29(2)23(20-11-8-12-22(27)15-20)17-28-26(31)21-13-14-24(34-4)25(16-21)35(32,33)30(3)18-19-9-6-5-7-10-19/h5-16,23H,17-18H2,1-4H3,(H,28,31). The maximum absolute atomic E-state index is 13.7. The second-order valence-corrected chi connectivity index (χ2v) is 10.4. The summed E-state index contributed by atoms with van der Waals surface area (Å²) in [6.45, 7) is 0.373. The lowest BCUT2D eigenvalue weighted by Crippen LogP contribution is -2.34. The van der Waals surface area contributed by atoms with Crippen LogP contribution in [0.3, 0.4) is 0 Å². The first-order valence-corrected chi connectivity index (χ1v) is 12.5. The Morgan fingerprint density at radius 3 is 2.34 bits per heavy atom. The second-order valence-electron chi connectivity index (χ2n) is 8.36. The predicted octanol–water partition coefficient (Wildman–Crippen LogP) is 3.69. The number of carbonyl (C=O) groups is 1. The monoisotopic (exact) mass is 499 g/mol. The molecule has 0 heterocycles. The molecule has 1 unspecified atom stereocenters. The molecule has 0 bridgehead atoms. The van der Waals surface area contributed by atoms with Crippen LogP contribution < -0.4 is 10.1 Å². The summed E-state index contributed by atoms with van der Waals surface area (Å²) in [4.78, 5) is 14.7. The zero-order valence-electron chi connectivity index (χ0n) is 20.2. The summed E-state index contributed by atoms with van der Waals surface area (Å²) in [5.74, 6) is -0.657. The van der Waals surface area contributed by atoms with Gasteiger partial charge in [0.2, 0.25) is 10.0 Å². The number of hydrogen-bond donors (Lipinski definition) is 1. The fourth-order valence-electron chi connectivity index (χ4n) is 3.72. The number of sulfonamides is 1. The third-order valence-corrected chi connectivity index (χ3v) is 7.50. The molecule has 1 amide bonds. The zero-order valence-corrected chi connectivity index (χ0v) is 21.0. The third-order valence-electron chi connectivity index (χ3n) is 5.67. The third kappa shape index (κ3) is 6.45. The maximum atomic E-state index is 13.7. The van der Waals surface area contributed by atoms with Crippen LogP contribution in [0, 0.1) is 5.82 Å². The minimum absolute atomic E-state index is 0.0969. The largest absolute Gasteiger partial charge is 0.495 e. The Bertz CT molecular complexity index is 1270. The van der Waals surface area contributed by atoms with Crippen LogP contribution >= 0.6 is 0 Å². The van der Waals surface area contributed by atoms with Crippen LogP contribution in [-0.2, 0) is 16.6 Å². The van der Waals surface area contributed by atoms with Crippen molar-refractivity contribution in [2.45, 2.75) is 17.5 Å². The number of hydrogen-bond acceptors (Lipinski definition) is 5. The number of halogens is 1. The molecule has 9 heteroatoms. The van der Waals surface area contributed by atoms with Crippen molar-refractivity contribution in [3.8, 4) is 5.75 Å². The molecule has 0 radical (unpaired) electrons. The molecular formula is C26H30FN3O4S. The van der Waals surface area contributed by atoms with E-state index in [0.29, 0.717) is 0 Å². The van der Waals surface area contributed by atoms with Gasteiger partial charge in [-0.2, -0.15) is 4.31 Å². The Kier molecular flexibility index (Phi) is 8.61. The number of nitrogens with one attached hydrogen (secondary N) is 1. The van der Waals surface area contributed by atoms with Gasteiger partial charge in [0.25, 0.3) is 5.91 Å². The molecule has 7 nitrogen and oxygen atoms in total. The first-order chi connectivity index (χ1) is 16.6. The predicted molar refractivity (Wildman–Crippen MR) is 133 cm³/mol. The molecule has 0 spiro atoms. The van der Waals surface area contributed by atoms with Crippen LogP contribution in [0.2, 0.25) is 0 Å². The highest BCUT2D eigenvalue weighted by Crippen LogP contribution is 2.28. The van der Waals surface area contributed by atoms with E-state index >= 15 is 0 Å². The van der Waals surface area contributed by atoms with Gasteiger partial charge in [-0.1, -0.05) is 42.5 Å². The summed E-state index contributed by atoms with van der Waals surface area (Å²) in [5.41, 5.74) is 1.73. The molecular weight excluding hydrogens is 469 g/mol. The van der Waals surface area contributed by atoms with Crippen molar-refractivity contribution < 1.29 is 22.3 Å². The molecule has 1 atom stereocenters. The molecule has 3 rings (SSSR count). The quantitative estimate of drug-likeness (QED) is 0.460. The van der Waals surface area contributed by atoms with E-state index in [-0.39, 0.29) is 41.2 Å². The molecule has 0 saturated carbocycles. The molecule has 1 N–H and O–H groups in total. The summed E-state index contributed by atoms with van der Waals surface area (Å²) in [7, 11) is 2.58. The van der Waals surface area contributed by atoms with Gasteiger partial charge in [0.1, 0.15) is 16.5 Å². The lowest BCUT2D eigenvalue weighted by molar-refractivity contribution is 0.0941. The van der Waals surface area contributed by atoms with Gasteiger partial charge in [-0.25, -0.2) is 12.8 Å². The summed E-state index contributed by atoms with van der Waals surface area (Å²) >= 11 is 0. The van der Waals surface area contributed by atoms with Crippen LogP contribution in [0.25, 0.3) is 0 Å². The Hall–Kier alpha value is -3.27. The van der Waals surface area contributed by atoms with E-state index in [9.17, 15) is 17.6 Å². The van der Waals surface area contributed by atoms with Crippen molar-refractivity contribution in [2.24, 2.45) is 0 Å². The highest BCUT2D eigenvalue weighted by Gasteiger charge is 2.27. The molecule has 0 aliphatic carbocycles. The van der Waals surface area contributed by atoms with Crippen LogP contribution in [0.5, 0.6) is 5.75 Å². The van der Waals surface area contributed by atoms with Gasteiger partial charge >= 0.3 is 0 Å². The molecule has 0 aliphatic rings. The van der Waals surface area contributed by atoms with E-state index in [4.69, 9.17) is 4.74 Å². The minimum atomic E-state index is -3.95. The summed E-state index contributed by atoms with van der Waals surface area (Å²) in [6, 6.07) is 19.4. The molecule has 3 aromatic rings. The Morgan fingerprint density at radius 2 is 1.71 bits per heavy atom. The van der Waals surface area contributed by atoms with Gasteiger partial charge in [-0.05, 0) is 55.6 Å². The Labute approximate surface area is 206 Å². The van der Waals surface area contributed by atoms with Crippen molar-refractivity contribution in [1.82, 2.24) is 14.5 Å². The maximum Gasteiger partial charge on any atom is 0.251 e. The second kappa shape index (κ2) is 11.4. The molecule has 0 saturated heterocycles. The van der Waals surface area contributed by atoms with Crippen LogP contribution in [0.15, 0.2) is 77.7 Å². The molecule has 0 aliphatic heterocycles. The molecule has 0 fully saturated rings. The van der Waals surface area contributed by atoms with E-state index in [2.05, 4.69) is 5.32 Å². The van der Waals surface area contributed by atoms with Gasteiger partial charge in [-0.3, -0.25) is 4.79 Å². The molecule has 3 aromatic carbocycles. The first kappa shape index (κ1) is 26.3. The lowest BCUT2D eigenvalue weighted by atomic mass is 10.1. The van der Waals surface area contributed by atoms with Crippen LogP contribution in [0.4, 0.5) is 4.39 Å². The number of methoxy groups -OCH3 is 1. The normalized spacial score (nSPS) is 12.5. The molecule has 0 aromatic heterocycles. The van der Waals surface area contributed by atoms with E-state index in [1.165, 1.54) is 48.8 Å². The summed E-state index contributed by atoms with van der Waals surface area (Å²) < 4.78 is 46.9. The van der Waals surface area contributed by atoms with Gasteiger partial charge in [-0.15, -0.1) is 0 Å². The Balaban J connectivity index is 1.82. The fourth-order valence-corrected chi connectivity index (χ4v) is 5.05. The number of rotatable bonds is 10. The summed E-state index contributed by atoms with van der Waals surface area (Å²) in [6.07, 6.45) is 0. The highest BCUT2D eigenvalue weighted by molar-refractivity contribution is 7.89. The van der Waals surface area contributed by atoms with E-state index in [1.54, 1.807) is 12.1 Å². The van der Waals surface area contributed by atoms with E-state index in [1.807, 2.05) is 49.3 Å². The molecule has 35 heavy (non-hydrogen) atoms. The average molecular weight is 500 g/mol. The molecule has 186 valence electrons. The minimum Gasteiger partial charge on any atom is -0.495 e. The van der Waals surface area contributed by atoms with Crippen molar-refractivity contribution in [2.75, 3.05) is 34.8 Å². The number of benzene rings is 3. The van der Waals surface area contributed by atoms with Gasteiger partial charge in [0.15, 0.2) is 0 Å². The zero-order chi connectivity index (χ0) is 25.6. The number of nitrogens with zero attached hydrogens (tertiary/aromatic N) is 2. The van der Waals surface area contributed by atoms with Crippen molar-refractivity contribution >= 4 is 15.9 Å². The van der Waals surface area contributed by atoms with Crippen LogP contribution in [-0.4, -0.2) is 58.3 Å². The van der Waals surface area contributed by atoms with Gasteiger partial charge in [0.05, 0.1) is 13.2 Å². The number of ether oxygens (including phenoxy) is 1. The van der Waals surface area contributed by atoms with E-state index < -0.39 is 15.9 Å². The average Bonchev–Trinajstić information content (AvgIpc) is 2.84. The van der Waals surface area contributed by atoms with Crippen molar-refractivity contribution in [3.63, 3.8) is 0 Å². The SMILES string of the molecule is COc1ccc(C(=O)NCC(c2cccc(F)c2)N(C)C)cc1S(=O)(=O)N(C)Cc1ccccc1. The highest BCUT2D eigenvalue weighted by atomic mass is 32.2. The van der Waals surface area contributed by atoms with Crippen molar-refractivity contribution in [1.29, 1.82) is 0 Å². The van der Waals surface area contributed by atoms with Gasteiger partial charge in [0, 0.05) is 25.7 Å². The fraction of sp³-hybridized carbons (Fsp3) is 0.269. The van der Waals surface area contributed by atoms with Gasteiger partial charge < -0.3 is 15.0 Å².